The molecule has 0 spiro atoms. The van der Waals surface area contributed by atoms with Crippen molar-refractivity contribution in [1.29, 1.82) is 0 Å². The maximum atomic E-state index is 12.7. The molecule has 0 saturated heterocycles. The number of alkyl halides is 3. The highest BCUT2D eigenvalue weighted by molar-refractivity contribution is 6.12. The summed E-state index contributed by atoms with van der Waals surface area (Å²) in [6.45, 7) is 0. The predicted molar refractivity (Wildman–Crippen MR) is 81.1 cm³/mol. The lowest BCUT2D eigenvalue weighted by molar-refractivity contribution is -0.137. The molecule has 2 aromatic carbocycles. The summed E-state index contributed by atoms with van der Waals surface area (Å²) in [6.07, 6.45) is -2.96. The minimum atomic E-state index is -4.45. The SMILES string of the molecule is O=C(Nc1cccc(C(F)(F)F)c1)c1ccnc2ccccc12. The van der Waals surface area contributed by atoms with Gasteiger partial charge in [0.2, 0.25) is 0 Å². The zero-order chi connectivity index (χ0) is 16.4. The van der Waals surface area contributed by atoms with Gasteiger partial charge < -0.3 is 5.32 Å². The Kier molecular flexibility index (Phi) is 3.73. The first-order valence-corrected chi connectivity index (χ1v) is 6.77. The average molecular weight is 316 g/mol. The van der Waals surface area contributed by atoms with Crippen LogP contribution in [0.2, 0.25) is 0 Å². The second-order valence-corrected chi connectivity index (χ2v) is 4.91. The number of pyridine rings is 1. The number of hydrogen-bond acceptors (Lipinski definition) is 2. The number of fused-ring (bicyclic) bond motifs is 1. The summed E-state index contributed by atoms with van der Waals surface area (Å²) in [5, 5.41) is 3.13. The zero-order valence-electron chi connectivity index (χ0n) is 11.8. The lowest BCUT2D eigenvalue weighted by atomic mass is 10.1. The van der Waals surface area contributed by atoms with Gasteiger partial charge in [0, 0.05) is 17.3 Å². The van der Waals surface area contributed by atoms with E-state index in [1.165, 1.54) is 24.4 Å². The minimum Gasteiger partial charge on any atom is -0.322 e. The fourth-order valence-electron chi connectivity index (χ4n) is 2.27. The van der Waals surface area contributed by atoms with Crippen LogP contribution < -0.4 is 5.32 Å². The maximum Gasteiger partial charge on any atom is 0.416 e. The van der Waals surface area contributed by atoms with Gasteiger partial charge in [-0.3, -0.25) is 9.78 Å². The van der Waals surface area contributed by atoms with Crippen molar-refractivity contribution >= 4 is 22.5 Å². The van der Waals surface area contributed by atoms with E-state index in [1.807, 2.05) is 0 Å². The minimum absolute atomic E-state index is 0.0886. The molecule has 0 fully saturated rings. The second-order valence-electron chi connectivity index (χ2n) is 4.91. The fraction of sp³-hybridized carbons (Fsp3) is 0.0588. The standard InChI is InChI=1S/C17H11F3N2O/c18-17(19,20)11-4-3-5-12(10-11)22-16(23)14-8-9-21-15-7-2-1-6-13(14)15/h1-10H,(H,22,23). The summed E-state index contributed by atoms with van der Waals surface area (Å²) < 4.78 is 38.1. The molecule has 23 heavy (non-hydrogen) atoms. The molecule has 3 rings (SSSR count). The molecule has 6 heteroatoms. The van der Waals surface area contributed by atoms with Gasteiger partial charge in [-0.2, -0.15) is 13.2 Å². The van der Waals surface area contributed by atoms with Crippen LogP contribution in [0.1, 0.15) is 15.9 Å². The third-order valence-electron chi connectivity index (χ3n) is 3.34. The van der Waals surface area contributed by atoms with Crippen molar-refractivity contribution in [3.63, 3.8) is 0 Å². The van der Waals surface area contributed by atoms with Gasteiger partial charge in [-0.15, -0.1) is 0 Å². The third kappa shape index (κ3) is 3.15. The number of hydrogen-bond donors (Lipinski definition) is 1. The van der Waals surface area contributed by atoms with Gasteiger partial charge in [0.05, 0.1) is 16.6 Å². The van der Waals surface area contributed by atoms with Crippen molar-refractivity contribution in [2.45, 2.75) is 6.18 Å². The molecular formula is C17H11F3N2O. The summed E-state index contributed by atoms with van der Waals surface area (Å²) in [5.41, 5.74) is 0.276. The first kappa shape index (κ1) is 15.0. The predicted octanol–water partition coefficient (Wildman–Crippen LogP) is 4.51. The molecule has 0 aliphatic rings. The Morgan fingerprint density at radius 2 is 1.78 bits per heavy atom. The van der Waals surface area contributed by atoms with E-state index >= 15 is 0 Å². The summed E-state index contributed by atoms with van der Waals surface area (Å²) >= 11 is 0. The van der Waals surface area contributed by atoms with Crippen molar-refractivity contribution < 1.29 is 18.0 Å². The molecule has 116 valence electrons. The molecule has 0 unspecified atom stereocenters. The van der Waals surface area contributed by atoms with Crippen LogP contribution in [-0.2, 0) is 6.18 Å². The number of anilines is 1. The highest BCUT2D eigenvalue weighted by atomic mass is 19.4. The number of benzene rings is 2. The number of carbonyl (C=O) groups is 1. The first-order valence-electron chi connectivity index (χ1n) is 6.77. The summed E-state index contributed by atoms with van der Waals surface area (Å²) in [5.74, 6) is -0.483. The third-order valence-corrected chi connectivity index (χ3v) is 3.34. The molecule has 0 bridgehead atoms. The molecule has 1 amide bonds. The largest absolute Gasteiger partial charge is 0.416 e. The topological polar surface area (TPSA) is 42.0 Å². The fourth-order valence-corrected chi connectivity index (χ4v) is 2.27. The highest BCUT2D eigenvalue weighted by Crippen LogP contribution is 2.30. The van der Waals surface area contributed by atoms with Crippen LogP contribution in [0.15, 0.2) is 60.8 Å². The molecule has 1 N–H and O–H groups in total. The Bertz CT molecular complexity index is 870. The monoisotopic (exact) mass is 316 g/mol. The van der Waals surface area contributed by atoms with Crippen LogP contribution in [-0.4, -0.2) is 10.9 Å². The Balaban J connectivity index is 1.93. The molecular weight excluding hydrogens is 305 g/mol. The molecule has 1 aromatic heterocycles. The maximum absolute atomic E-state index is 12.7. The van der Waals surface area contributed by atoms with E-state index in [0.717, 1.165) is 12.1 Å². The number of rotatable bonds is 2. The molecule has 0 atom stereocenters. The van der Waals surface area contributed by atoms with Crippen LogP contribution >= 0.6 is 0 Å². The summed E-state index contributed by atoms with van der Waals surface area (Å²) in [6, 6.07) is 13.1. The molecule has 0 aliphatic heterocycles. The van der Waals surface area contributed by atoms with Gasteiger partial charge in [-0.25, -0.2) is 0 Å². The second kappa shape index (κ2) is 5.72. The van der Waals surface area contributed by atoms with E-state index < -0.39 is 17.6 Å². The molecule has 0 aliphatic carbocycles. The van der Waals surface area contributed by atoms with Crippen LogP contribution in [0.3, 0.4) is 0 Å². The Morgan fingerprint density at radius 3 is 2.57 bits per heavy atom. The zero-order valence-corrected chi connectivity index (χ0v) is 11.8. The number of nitrogens with one attached hydrogen (secondary N) is 1. The van der Waals surface area contributed by atoms with Crippen LogP contribution in [0.5, 0.6) is 0 Å². The first-order chi connectivity index (χ1) is 10.9. The average Bonchev–Trinajstić information content (AvgIpc) is 2.53. The van der Waals surface area contributed by atoms with Gasteiger partial charge >= 0.3 is 6.18 Å². The number of aromatic nitrogens is 1. The van der Waals surface area contributed by atoms with Gasteiger partial charge in [-0.05, 0) is 30.3 Å². The number of carbonyl (C=O) groups excluding carboxylic acids is 1. The quantitative estimate of drug-likeness (QED) is 0.756. The molecule has 3 aromatic rings. The number of nitrogens with zero attached hydrogens (tertiary/aromatic N) is 1. The smallest absolute Gasteiger partial charge is 0.322 e. The lowest BCUT2D eigenvalue weighted by Crippen LogP contribution is -2.13. The van der Waals surface area contributed by atoms with Gasteiger partial charge in [0.1, 0.15) is 0 Å². The highest BCUT2D eigenvalue weighted by Gasteiger charge is 2.30. The van der Waals surface area contributed by atoms with Crippen molar-refractivity contribution in [1.82, 2.24) is 4.98 Å². The van der Waals surface area contributed by atoms with E-state index in [-0.39, 0.29) is 5.69 Å². The summed E-state index contributed by atoms with van der Waals surface area (Å²) in [4.78, 5) is 16.5. The van der Waals surface area contributed by atoms with Gasteiger partial charge in [0.25, 0.3) is 5.91 Å². The van der Waals surface area contributed by atoms with Crippen LogP contribution in [0, 0.1) is 0 Å². The van der Waals surface area contributed by atoms with E-state index in [9.17, 15) is 18.0 Å². The number of para-hydroxylation sites is 1. The Hall–Kier alpha value is -2.89. The van der Waals surface area contributed by atoms with Crippen LogP contribution in [0.4, 0.5) is 18.9 Å². The molecule has 0 radical (unpaired) electrons. The number of amides is 1. The molecule has 0 saturated carbocycles. The van der Waals surface area contributed by atoms with E-state index in [1.54, 1.807) is 24.3 Å². The molecule has 1 heterocycles. The molecule has 3 nitrogen and oxygen atoms in total. The van der Waals surface area contributed by atoms with E-state index in [2.05, 4.69) is 10.3 Å². The van der Waals surface area contributed by atoms with Gasteiger partial charge in [-0.1, -0.05) is 24.3 Å². The Labute approximate surface area is 129 Å². The van der Waals surface area contributed by atoms with E-state index in [0.29, 0.717) is 16.5 Å². The van der Waals surface area contributed by atoms with E-state index in [4.69, 9.17) is 0 Å². The van der Waals surface area contributed by atoms with Crippen LogP contribution in [0.25, 0.3) is 10.9 Å². The van der Waals surface area contributed by atoms with Gasteiger partial charge in [0.15, 0.2) is 0 Å². The van der Waals surface area contributed by atoms with Crippen molar-refractivity contribution in [3.05, 3.63) is 71.9 Å². The van der Waals surface area contributed by atoms with Crippen molar-refractivity contribution in [2.75, 3.05) is 5.32 Å². The van der Waals surface area contributed by atoms with Crippen molar-refractivity contribution in [3.8, 4) is 0 Å². The Morgan fingerprint density at radius 1 is 1.00 bits per heavy atom. The summed E-state index contributed by atoms with van der Waals surface area (Å²) in [7, 11) is 0. The normalized spacial score (nSPS) is 11.4. The lowest BCUT2D eigenvalue weighted by Gasteiger charge is -2.10. The van der Waals surface area contributed by atoms with Crippen molar-refractivity contribution in [2.24, 2.45) is 0 Å². The number of halogens is 3.